The van der Waals surface area contributed by atoms with Crippen molar-refractivity contribution in [3.05, 3.63) is 39.0 Å². The van der Waals surface area contributed by atoms with Gasteiger partial charge in [-0.05, 0) is 25.0 Å². The lowest BCUT2D eigenvalue weighted by Gasteiger charge is -2.23. The third-order valence-electron chi connectivity index (χ3n) is 3.88. The highest BCUT2D eigenvalue weighted by atomic mass is 16.3. The molecule has 1 aromatic heterocycles. The molecule has 19 heavy (non-hydrogen) atoms. The molecular weight excluding hydrogens is 244 g/mol. The van der Waals surface area contributed by atoms with E-state index in [0.717, 1.165) is 32.1 Å². The SMILES string of the molecule is O=c1[nH]c2cccc(O)c2c(=O)n1C1CCCCC1. The van der Waals surface area contributed by atoms with Gasteiger partial charge < -0.3 is 10.1 Å². The average molecular weight is 260 g/mol. The van der Waals surface area contributed by atoms with Crippen molar-refractivity contribution >= 4 is 10.9 Å². The average Bonchev–Trinajstić information content (AvgIpc) is 2.39. The number of benzene rings is 1. The monoisotopic (exact) mass is 260 g/mol. The molecule has 3 rings (SSSR count). The van der Waals surface area contributed by atoms with Crippen molar-refractivity contribution in [1.82, 2.24) is 9.55 Å². The lowest BCUT2D eigenvalue weighted by Crippen LogP contribution is -2.38. The summed E-state index contributed by atoms with van der Waals surface area (Å²) >= 11 is 0. The molecule has 0 unspecified atom stereocenters. The number of phenolic OH excluding ortho intramolecular Hbond substituents is 1. The molecule has 2 aromatic rings. The summed E-state index contributed by atoms with van der Waals surface area (Å²) in [6.07, 6.45) is 4.93. The summed E-state index contributed by atoms with van der Waals surface area (Å²) in [6, 6.07) is 4.66. The molecule has 0 atom stereocenters. The Morgan fingerprint density at radius 3 is 2.63 bits per heavy atom. The Morgan fingerprint density at radius 2 is 1.89 bits per heavy atom. The molecule has 1 fully saturated rings. The molecule has 1 aliphatic carbocycles. The first kappa shape index (κ1) is 12.0. The molecule has 0 aliphatic heterocycles. The van der Waals surface area contributed by atoms with Gasteiger partial charge in [-0.15, -0.1) is 0 Å². The van der Waals surface area contributed by atoms with E-state index in [-0.39, 0.29) is 28.4 Å². The van der Waals surface area contributed by atoms with Crippen LogP contribution in [0.15, 0.2) is 27.8 Å². The minimum absolute atomic E-state index is 0.0472. The zero-order chi connectivity index (χ0) is 13.4. The predicted molar refractivity (Wildman–Crippen MR) is 72.6 cm³/mol. The van der Waals surface area contributed by atoms with Crippen LogP contribution in [-0.2, 0) is 0 Å². The molecule has 1 aliphatic rings. The minimum Gasteiger partial charge on any atom is -0.507 e. The predicted octanol–water partition coefficient (Wildman–Crippen LogP) is 1.90. The van der Waals surface area contributed by atoms with Crippen molar-refractivity contribution in [2.75, 3.05) is 0 Å². The van der Waals surface area contributed by atoms with Crippen molar-refractivity contribution in [2.45, 2.75) is 38.1 Å². The van der Waals surface area contributed by atoms with Gasteiger partial charge in [0, 0.05) is 6.04 Å². The van der Waals surface area contributed by atoms with Crippen molar-refractivity contribution in [1.29, 1.82) is 0 Å². The molecule has 2 N–H and O–H groups in total. The summed E-state index contributed by atoms with van der Waals surface area (Å²) in [4.78, 5) is 27.2. The number of hydrogen-bond acceptors (Lipinski definition) is 3. The first-order valence-electron chi connectivity index (χ1n) is 6.65. The Labute approximate surface area is 109 Å². The van der Waals surface area contributed by atoms with Gasteiger partial charge in [0.1, 0.15) is 11.1 Å². The fraction of sp³-hybridized carbons (Fsp3) is 0.429. The third kappa shape index (κ3) is 1.95. The van der Waals surface area contributed by atoms with E-state index in [0.29, 0.717) is 5.52 Å². The maximum Gasteiger partial charge on any atom is 0.329 e. The van der Waals surface area contributed by atoms with Crippen LogP contribution in [0.2, 0.25) is 0 Å². The van der Waals surface area contributed by atoms with Crippen molar-refractivity contribution < 1.29 is 5.11 Å². The van der Waals surface area contributed by atoms with Crippen LogP contribution in [0.4, 0.5) is 0 Å². The van der Waals surface area contributed by atoms with Crippen LogP contribution in [0, 0.1) is 0 Å². The minimum atomic E-state index is -0.385. The number of fused-ring (bicyclic) bond motifs is 1. The normalized spacial score (nSPS) is 16.8. The summed E-state index contributed by atoms with van der Waals surface area (Å²) < 4.78 is 1.28. The van der Waals surface area contributed by atoms with E-state index >= 15 is 0 Å². The first-order chi connectivity index (χ1) is 9.18. The van der Waals surface area contributed by atoms with Crippen molar-refractivity contribution in [2.24, 2.45) is 0 Å². The van der Waals surface area contributed by atoms with Crippen LogP contribution in [0.1, 0.15) is 38.1 Å². The topological polar surface area (TPSA) is 75.1 Å². The third-order valence-corrected chi connectivity index (χ3v) is 3.88. The number of aromatic hydroxyl groups is 1. The van der Waals surface area contributed by atoms with E-state index in [4.69, 9.17) is 0 Å². The van der Waals surface area contributed by atoms with Gasteiger partial charge in [-0.25, -0.2) is 4.79 Å². The Balaban J connectivity index is 2.27. The second-order valence-electron chi connectivity index (χ2n) is 5.10. The van der Waals surface area contributed by atoms with E-state index in [1.54, 1.807) is 12.1 Å². The number of nitrogens with one attached hydrogen (secondary N) is 1. The van der Waals surface area contributed by atoms with Gasteiger partial charge in [-0.3, -0.25) is 9.36 Å². The molecule has 0 spiro atoms. The van der Waals surface area contributed by atoms with E-state index in [9.17, 15) is 14.7 Å². The van der Waals surface area contributed by atoms with Gasteiger partial charge in [0.05, 0.1) is 5.52 Å². The summed E-state index contributed by atoms with van der Waals surface area (Å²) in [7, 11) is 0. The molecular formula is C14H16N2O3. The Hall–Kier alpha value is -2.04. The van der Waals surface area contributed by atoms with Gasteiger partial charge in [0.15, 0.2) is 0 Å². The van der Waals surface area contributed by atoms with Gasteiger partial charge >= 0.3 is 5.69 Å². The van der Waals surface area contributed by atoms with Crippen LogP contribution in [-0.4, -0.2) is 14.7 Å². The molecule has 100 valence electrons. The van der Waals surface area contributed by atoms with Crippen LogP contribution >= 0.6 is 0 Å². The number of H-pyrrole nitrogens is 1. The maximum absolute atomic E-state index is 12.5. The van der Waals surface area contributed by atoms with Crippen molar-refractivity contribution in [3.8, 4) is 5.75 Å². The summed E-state index contributed by atoms with van der Waals surface area (Å²) in [5.74, 6) is -0.0803. The lowest BCUT2D eigenvalue weighted by molar-refractivity contribution is 0.337. The second kappa shape index (κ2) is 4.57. The molecule has 0 saturated heterocycles. The Morgan fingerprint density at radius 1 is 1.16 bits per heavy atom. The van der Waals surface area contributed by atoms with Gasteiger partial charge in [-0.1, -0.05) is 25.3 Å². The summed E-state index contributed by atoms with van der Waals surface area (Å²) in [5, 5.41) is 10.0. The molecule has 5 nitrogen and oxygen atoms in total. The fourth-order valence-corrected chi connectivity index (χ4v) is 2.93. The van der Waals surface area contributed by atoms with E-state index in [1.165, 1.54) is 10.6 Å². The fourth-order valence-electron chi connectivity index (χ4n) is 2.93. The zero-order valence-corrected chi connectivity index (χ0v) is 10.6. The number of nitrogens with zero attached hydrogens (tertiary/aromatic N) is 1. The van der Waals surface area contributed by atoms with Gasteiger partial charge in [-0.2, -0.15) is 0 Å². The number of rotatable bonds is 1. The molecule has 1 aromatic carbocycles. The molecule has 0 radical (unpaired) electrons. The quantitative estimate of drug-likeness (QED) is 0.822. The van der Waals surface area contributed by atoms with E-state index in [2.05, 4.69) is 4.98 Å². The number of phenols is 1. The summed E-state index contributed by atoms with van der Waals surface area (Å²) in [5.41, 5.74) is -0.374. The number of aromatic amines is 1. The zero-order valence-electron chi connectivity index (χ0n) is 10.6. The highest BCUT2D eigenvalue weighted by Gasteiger charge is 2.20. The van der Waals surface area contributed by atoms with Crippen molar-refractivity contribution in [3.63, 3.8) is 0 Å². The number of hydrogen-bond donors (Lipinski definition) is 2. The van der Waals surface area contributed by atoms with Crippen LogP contribution in [0.25, 0.3) is 10.9 Å². The largest absolute Gasteiger partial charge is 0.507 e. The molecule has 1 saturated carbocycles. The number of aromatic nitrogens is 2. The Kier molecular flexibility index (Phi) is 2.89. The molecule has 0 bridgehead atoms. The van der Waals surface area contributed by atoms with E-state index in [1.807, 2.05) is 0 Å². The molecule has 0 amide bonds. The second-order valence-corrected chi connectivity index (χ2v) is 5.10. The molecule has 1 heterocycles. The first-order valence-corrected chi connectivity index (χ1v) is 6.65. The van der Waals surface area contributed by atoms with Gasteiger partial charge in [0.2, 0.25) is 0 Å². The maximum atomic E-state index is 12.5. The standard InChI is InChI=1S/C14H16N2O3/c17-11-8-4-7-10-12(11)13(18)16(14(19)15-10)9-5-2-1-3-6-9/h4,7-9,17H,1-3,5-6H2,(H,15,19). The van der Waals surface area contributed by atoms with Gasteiger partial charge in [0.25, 0.3) is 5.56 Å². The highest BCUT2D eigenvalue weighted by Crippen LogP contribution is 2.26. The smallest absolute Gasteiger partial charge is 0.329 e. The summed E-state index contributed by atoms with van der Waals surface area (Å²) in [6.45, 7) is 0. The van der Waals surface area contributed by atoms with E-state index < -0.39 is 0 Å². The van der Waals surface area contributed by atoms with Crippen LogP contribution < -0.4 is 11.2 Å². The lowest BCUT2D eigenvalue weighted by atomic mass is 9.95. The highest BCUT2D eigenvalue weighted by molar-refractivity contribution is 5.83. The van der Waals surface area contributed by atoms with Crippen LogP contribution in [0.3, 0.4) is 0 Å². The van der Waals surface area contributed by atoms with Crippen LogP contribution in [0.5, 0.6) is 5.75 Å². The Bertz CT molecular complexity index is 724. The molecule has 5 heteroatoms.